The van der Waals surface area contributed by atoms with Crippen LogP contribution in [0.2, 0.25) is 0 Å². The SMILES string of the molecule is O=C1C(Br)=CC(=O)[C@@]2(Br)[C@@H]1C2(c1ccccc1)c1ccccc1. The molecule has 0 unspecified atom stereocenters. The molecule has 0 bridgehead atoms. The Morgan fingerprint density at radius 2 is 1.30 bits per heavy atom. The maximum absolute atomic E-state index is 12.8. The van der Waals surface area contributed by atoms with Gasteiger partial charge in [-0.1, -0.05) is 76.6 Å². The molecule has 0 spiro atoms. The lowest BCUT2D eigenvalue weighted by atomic mass is 9.83. The largest absolute Gasteiger partial charge is 0.293 e. The standard InChI is InChI=1S/C19H12Br2O2/c20-14-11-15(22)19(21)17(16(14)23)18(19,12-7-3-1-4-8-12)13-9-5-2-6-10-13/h1-11,17H/t17-,19+/m0/s1. The van der Waals surface area contributed by atoms with Crippen molar-refractivity contribution in [2.75, 3.05) is 0 Å². The van der Waals surface area contributed by atoms with Gasteiger partial charge in [-0.25, -0.2) is 0 Å². The van der Waals surface area contributed by atoms with Crippen LogP contribution < -0.4 is 0 Å². The molecule has 0 aliphatic heterocycles. The molecular weight excluding hydrogens is 420 g/mol. The van der Waals surface area contributed by atoms with Gasteiger partial charge >= 0.3 is 0 Å². The van der Waals surface area contributed by atoms with E-state index in [9.17, 15) is 9.59 Å². The Morgan fingerprint density at radius 3 is 1.78 bits per heavy atom. The molecule has 2 atom stereocenters. The molecule has 23 heavy (non-hydrogen) atoms. The molecule has 2 nitrogen and oxygen atoms in total. The van der Waals surface area contributed by atoms with E-state index in [0.717, 1.165) is 11.1 Å². The number of carbonyl (C=O) groups excluding carboxylic acids is 2. The van der Waals surface area contributed by atoms with Crippen molar-refractivity contribution in [2.24, 2.45) is 5.92 Å². The monoisotopic (exact) mass is 430 g/mol. The lowest BCUT2D eigenvalue weighted by molar-refractivity contribution is -0.121. The number of Topliss-reactive ketones (excluding diaryl/α,β-unsaturated/α-hetero) is 1. The van der Waals surface area contributed by atoms with Gasteiger partial charge in [0.2, 0.25) is 0 Å². The topological polar surface area (TPSA) is 34.1 Å². The smallest absolute Gasteiger partial charge is 0.176 e. The van der Waals surface area contributed by atoms with Gasteiger partial charge in [-0.3, -0.25) is 9.59 Å². The van der Waals surface area contributed by atoms with Crippen LogP contribution in [0.3, 0.4) is 0 Å². The van der Waals surface area contributed by atoms with E-state index in [1.165, 1.54) is 6.08 Å². The molecule has 0 radical (unpaired) electrons. The van der Waals surface area contributed by atoms with Crippen LogP contribution in [0.25, 0.3) is 0 Å². The summed E-state index contributed by atoms with van der Waals surface area (Å²) in [7, 11) is 0. The minimum Gasteiger partial charge on any atom is -0.293 e. The third-order valence-corrected chi connectivity index (χ3v) is 6.99. The molecule has 1 fully saturated rings. The van der Waals surface area contributed by atoms with Crippen molar-refractivity contribution in [3.63, 3.8) is 0 Å². The van der Waals surface area contributed by atoms with Crippen LogP contribution >= 0.6 is 31.9 Å². The van der Waals surface area contributed by atoms with Gasteiger partial charge < -0.3 is 0 Å². The number of fused-ring (bicyclic) bond motifs is 1. The summed E-state index contributed by atoms with van der Waals surface area (Å²) in [5.74, 6) is -0.539. The van der Waals surface area contributed by atoms with Gasteiger partial charge in [0, 0.05) is 6.08 Å². The number of benzene rings is 2. The van der Waals surface area contributed by atoms with Crippen LogP contribution in [0.5, 0.6) is 0 Å². The molecule has 2 aliphatic carbocycles. The van der Waals surface area contributed by atoms with Gasteiger partial charge in [0.25, 0.3) is 0 Å². The van der Waals surface area contributed by atoms with Crippen molar-refractivity contribution < 1.29 is 9.59 Å². The molecule has 0 N–H and O–H groups in total. The molecule has 1 saturated carbocycles. The van der Waals surface area contributed by atoms with Gasteiger partial charge in [-0.15, -0.1) is 0 Å². The number of rotatable bonds is 2. The fourth-order valence-electron chi connectivity index (χ4n) is 3.90. The Morgan fingerprint density at radius 1 is 0.826 bits per heavy atom. The second kappa shape index (κ2) is 4.99. The highest BCUT2D eigenvalue weighted by atomic mass is 79.9. The highest BCUT2D eigenvalue weighted by Gasteiger charge is 2.83. The lowest BCUT2D eigenvalue weighted by Gasteiger charge is -2.21. The summed E-state index contributed by atoms with van der Waals surface area (Å²) in [5.41, 5.74) is 1.28. The number of hydrogen-bond donors (Lipinski definition) is 0. The van der Waals surface area contributed by atoms with Crippen LogP contribution in [0.4, 0.5) is 0 Å². The summed E-state index contributed by atoms with van der Waals surface area (Å²) in [6.07, 6.45) is 1.40. The Kier molecular flexibility index (Phi) is 3.26. The van der Waals surface area contributed by atoms with E-state index in [-0.39, 0.29) is 11.6 Å². The number of halogens is 2. The van der Waals surface area contributed by atoms with Gasteiger partial charge in [-0.05, 0) is 27.1 Å². The fraction of sp³-hybridized carbons (Fsp3) is 0.158. The average Bonchev–Trinajstić information content (AvgIpc) is 3.18. The summed E-state index contributed by atoms with van der Waals surface area (Å²) >= 11 is 6.91. The van der Waals surface area contributed by atoms with E-state index in [0.29, 0.717) is 4.48 Å². The van der Waals surface area contributed by atoms with Crippen molar-refractivity contribution in [3.05, 3.63) is 82.3 Å². The quantitative estimate of drug-likeness (QED) is 0.669. The van der Waals surface area contributed by atoms with Gasteiger partial charge in [0.1, 0.15) is 4.32 Å². The highest BCUT2D eigenvalue weighted by Crippen LogP contribution is 2.73. The highest BCUT2D eigenvalue weighted by molar-refractivity contribution is 9.12. The van der Waals surface area contributed by atoms with Crippen molar-refractivity contribution in [3.8, 4) is 0 Å². The van der Waals surface area contributed by atoms with E-state index in [2.05, 4.69) is 31.9 Å². The Labute approximate surface area is 150 Å². The van der Waals surface area contributed by atoms with Crippen LogP contribution in [0.1, 0.15) is 11.1 Å². The molecule has 2 aromatic carbocycles. The summed E-state index contributed by atoms with van der Waals surface area (Å²) in [4.78, 5) is 25.6. The molecule has 2 aliphatic rings. The minimum absolute atomic E-state index is 0.0332. The minimum atomic E-state index is -0.906. The molecular formula is C19H12Br2O2. The number of hydrogen-bond acceptors (Lipinski definition) is 2. The second-order valence-electron chi connectivity index (χ2n) is 5.91. The molecule has 2 aromatic rings. The van der Waals surface area contributed by atoms with E-state index >= 15 is 0 Å². The summed E-state index contributed by atoms with van der Waals surface area (Å²) in [6, 6.07) is 19.6. The van der Waals surface area contributed by atoms with Crippen molar-refractivity contribution in [1.29, 1.82) is 0 Å². The number of carbonyl (C=O) groups is 2. The summed E-state index contributed by atoms with van der Waals surface area (Å²) < 4.78 is -0.548. The molecule has 4 rings (SSSR count). The zero-order chi connectivity index (χ0) is 16.2. The lowest BCUT2D eigenvalue weighted by Crippen LogP contribution is -2.28. The Bertz CT molecular complexity index is 803. The zero-order valence-electron chi connectivity index (χ0n) is 12.0. The first kappa shape index (κ1) is 15.0. The van der Waals surface area contributed by atoms with Crippen LogP contribution in [0.15, 0.2) is 71.2 Å². The maximum Gasteiger partial charge on any atom is 0.176 e. The molecule has 4 heteroatoms. The first-order valence-corrected chi connectivity index (χ1v) is 8.89. The van der Waals surface area contributed by atoms with Crippen molar-refractivity contribution in [1.82, 2.24) is 0 Å². The van der Waals surface area contributed by atoms with E-state index in [1.54, 1.807) is 0 Å². The molecule has 114 valence electrons. The van der Waals surface area contributed by atoms with Crippen LogP contribution in [-0.4, -0.2) is 15.9 Å². The fourth-order valence-corrected chi connectivity index (χ4v) is 5.58. The molecule has 0 heterocycles. The normalized spacial score (nSPS) is 28.1. The van der Waals surface area contributed by atoms with E-state index in [4.69, 9.17) is 0 Å². The first-order valence-electron chi connectivity index (χ1n) is 7.30. The average molecular weight is 432 g/mol. The molecule has 0 saturated heterocycles. The summed E-state index contributed by atoms with van der Waals surface area (Å²) in [5, 5.41) is 0. The third kappa shape index (κ3) is 1.74. The molecule has 0 amide bonds. The first-order chi connectivity index (χ1) is 11.0. The predicted octanol–water partition coefficient (Wildman–Crippen LogP) is 4.17. The van der Waals surface area contributed by atoms with Crippen molar-refractivity contribution in [2.45, 2.75) is 9.74 Å². The second-order valence-corrected chi connectivity index (χ2v) is 8.01. The van der Waals surface area contributed by atoms with Gasteiger partial charge in [-0.2, -0.15) is 0 Å². The van der Waals surface area contributed by atoms with E-state index in [1.807, 2.05) is 60.7 Å². The maximum atomic E-state index is 12.8. The van der Waals surface area contributed by atoms with Crippen LogP contribution in [-0.2, 0) is 15.0 Å². The van der Waals surface area contributed by atoms with Crippen molar-refractivity contribution >= 4 is 43.4 Å². The van der Waals surface area contributed by atoms with Gasteiger partial charge in [0.15, 0.2) is 11.6 Å². The Hall–Kier alpha value is -1.52. The predicted molar refractivity (Wildman–Crippen MR) is 95.8 cm³/mol. The Balaban J connectivity index is 2.02. The number of allylic oxidation sites excluding steroid dienone is 2. The summed E-state index contributed by atoms with van der Waals surface area (Å²) in [6.45, 7) is 0. The number of ketones is 2. The zero-order valence-corrected chi connectivity index (χ0v) is 15.2. The number of alkyl halides is 1. The van der Waals surface area contributed by atoms with Gasteiger partial charge in [0.05, 0.1) is 15.8 Å². The third-order valence-electron chi connectivity index (χ3n) is 4.89. The molecule has 0 aromatic heterocycles. The van der Waals surface area contributed by atoms with Crippen LogP contribution in [0, 0.1) is 5.92 Å². The van der Waals surface area contributed by atoms with E-state index < -0.39 is 15.7 Å².